The van der Waals surface area contributed by atoms with Gasteiger partial charge in [0.25, 0.3) is 0 Å². The molecule has 0 fully saturated rings. The van der Waals surface area contributed by atoms with Crippen LogP contribution < -0.4 is 5.32 Å². The Kier molecular flexibility index (Phi) is 5.14. The standard InChI is InChI=1S/C21H13F5N4O/c22-14-3-1-12(2-4-14)9-18(31)29-20-19(30-11-15(23)5-6-17(30)28-20)16-10-13(7-8-27-16)21(24,25)26/h1-8,10-11H,9H2,(H,29,31). The molecule has 0 bridgehead atoms. The van der Waals surface area contributed by atoms with E-state index in [2.05, 4.69) is 15.3 Å². The molecule has 0 spiro atoms. The fourth-order valence-corrected chi connectivity index (χ4v) is 3.05. The summed E-state index contributed by atoms with van der Waals surface area (Å²) in [5.74, 6) is -1.72. The summed E-state index contributed by atoms with van der Waals surface area (Å²) in [4.78, 5) is 20.7. The van der Waals surface area contributed by atoms with Crippen LogP contribution in [0, 0.1) is 11.6 Å². The summed E-state index contributed by atoms with van der Waals surface area (Å²) in [6.45, 7) is 0. The average molecular weight is 432 g/mol. The fraction of sp³-hybridized carbons (Fsp3) is 0.0952. The predicted molar refractivity (Wildman–Crippen MR) is 102 cm³/mol. The number of carbonyl (C=O) groups is 1. The Morgan fingerprint density at radius 2 is 1.71 bits per heavy atom. The molecule has 3 heterocycles. The number of pyridine rings is 2. The van der Waals surface area contributed by atoms with Gasteiger partial charge in [0.05, 0.1) is 17.7 Å². The minimum Gasteiger partial charge on any atom is -0.309 e. The van der Waals surface area contributed by atoms with Gasteiger partial charge < -0.3 is 5.32 Å². The number of fused-ring (bicyclic) bond motifs is 1. The molecule has 5 nitrogen and oxygen atoms in total. The molecule has 0 atom stereocenters. The van der Waals surface area contributed by atoms with Crippen molar-refractivity contribution in [3.63, 3.8) is 0 Å². The van der Waals surface area contributed by atoms with E-state index in [9.17, 15) is 26.7 Å². The molecule has 1 amide bonds. The lowest BCUT2D eigenvalue weighted by Crippen LogP contribution is -2.15. The first kappa shape index (κ1) is 20.5. The van der Waals surface area contributed by atoms with Crippen LogP contribution in [0.15, 0.2) is 60.9 Å². The van der Waals surface area contributed by atoms with E-state index >= 15 is 0 Å². The Morgan fingerprint density at radius 1 is 1.00 bits per heavy atom. The number of benzene rings is 1. The first-order valence-electron chi connectivity index (χ1n) is 8.96. The fourth-order valence-electron chi connectivity index (χ4n) is 3.05. The number of hydrogen-bond donors (Lipinski definition) is 1. The Hall–Kier alpha value is -3.82. The molecule has 4 rings (SSSR count). The molecule has 0 radical (unpaired) electrons. The van der Waals surface area contributed by atoms with Crippen molar-refractivity contribution in [2.45, 2.75) is 12.6 Å². The SMILES string of the molecule is O=C(Cc1ccc(F)cc1)Nc1nc2ccc(F)cn2c1-c1cc(C(F)(F)F)ccn1. The second-order valence-corrected chi connectivity index (χ2v) is 6.66. The molecule has 0 saturated heterocycles. The van der Waals surface area contributed by atoms with E-state index in [4.69, 9.17) is 0 Å². The number of rotatable bonds is 4. The van der Waals surface area contributed by atoms with Gasteiger partial charge in [0.15, 0.2) is 5.82 Å². The number of anilines is 1. The number of carbonyl (C=O) groups excluding carboxylic acids is 1. The number of imidazole rings is 1. The first-order chi connectivity index (χ1) is 14.7. The van der Waals surface area contributed by atoms with Gasteiger partial charge >= 0.3 is 6.18 Å². The molecular weight excluding hydrogens is 419 g/mol. The maximum atomic E-state index is 13.8. The number of halogens is 5. The van der Waals surface area contributed by atoms with Crippen LogP contribution in [0.1, 0.15) is 11.1 Å². The van der Waals surface area contributed by atoms with Crippen molar-refractivity contribution in [3.8, 4) is 11.4 Å². The zero-order valence-corrected chi connectivity index (χ0v) is 15.6. The van der Waals surface area contributed by atoms with Crippen LogP contribution in [0.2, 0.25) is 0 Å². The number of nitrogens with zero attached hydrogens (tertiary/aromatic N) is 3. The highest BCUT2D eigenvalue weighted by Crippen LogP contribution is 2.34. The van der Waals surface area contributed by atoms with Gasteiger partial charge in [0.2, 0.25) is 5.91 Å². The van der Waals surface area contributed by atoms with Crippen molar-refractivity contribution in [1.82, 2.24) is 14.4 Å². The van der Waals surface area contributed by atoms with Crippen LogP contribution in [0.3, 0.4) is 0 Å². The number of nitrogens with one attached hydrogen (secondary N) is 1. The Morgan fingerprint density at radius 3 is 2.42 bits per heavy atom. The van der Waals surface area contributed by atoms with Gasteiger partial charge in [-0.05, 0) is 42.0 Å². The van der Waals surface area contributed by atoms with Crippen LogP contribution >= 0.6 is 0 Å². The summed E-state index contributed by atoms with van der Waals surface area (Å²) in [6.07, 6.45) is -2.73. The third-order valence-electron chi connectivity index (χ3n) is 4.45. The van der Waals surface area contributed by atoms with Gasteiger partial charge in [0.1, 0.15) is 23.0 Å². The quantitative estimate of drug-likeness (QED) is 0.468. The Labute approximate surface area is 172 Å². The van der Waals surface area contributed by atoms with E-state index in [0.717, 1.165) is 30.6 Å². The van der Waals surface area contributed by atoms with Crippen molar-refractivity contribution in [2.75, 3.05) is 5.32 Å². The van der Waals surface area contributed by atoms with Crippen LogP contribution in [0.25, 0.3) is 17.0 Å². The summed E-state index contributed by atoms with van der Waals surface area (Å²) in [5, 5.41) is 2.53. The van der Waals surface area contributed by atoms with Gasteiger partial charge in [-0.25, -0.2) is 13.8 Å². The third kappa shape index (κ3) is 4.37. The highest BCUT2D eigenvalue weighted by atomic mass is 19.4. The molecule has 4 aromatic rings. The van der Waals surface area contributed by atoms with Crippen molar-refractivity contribution in [3.05, 3.63) is 83.7 Å². The average Bonchev–Trinajstić information content (AvgIpc) is 3.06. The summed E-state index contributed by atoms with van der Waals surface area (Å²) in [6, 6.07) is 9.33. The smallest absolute Gasteiger partial charge is 0.309 e. The molecule has 1 N–H and O–H groups in total. The van der Waals surface area contributed by atoms with Gasteiger partial charge in [-0.1, -0.05) is 12.1 Å². The van der Waals surface area contributed by atoms with Gasteiger partial charge in [0, 0.05) is 12.4 Å². The van der Waals surface area contributed by atoms with Crippen molar-refractivity contribution < 1.29 is 26.7 Å². The normalized spacial score (nSPS) is 11.6. The largest absolute Gasteiger partial charge is 0.416 e. The number of hydrogen-bond acceptors (Lipinski definition) is 3. The third-order valence-corrected chi connectivity index (χ3v) is 4.45. The van der Waals surface area contributed by atoms with Crippen LogP contribution in [-0.2, 0) is 17.4 Å². The zero-order valence-electron chi connectivity index (χ0n) is 15.6. The summed E-state index contributed by atoms with van der Waals surface area (Å²) < 4.78 is 67.6. The lowest BCUT2D eigenvalue weighted by atomic mass is 10.1. The summed E-state index contributed by atoms with van der Waals surface area (Å²) >= 11 is 0. The van der Waals surface area contributed by atoms with Gasteiger partial charge in [-0.2, -0.15) is 13.2 Å². The van der Waals surface area contributed by atoms with Crippen LogP contribution in [0.5, 0.6) is 0 Å². The molecule has 0 aliphatic heterocycles. The molecule has 158 valence electrons. The molecule has 0 aliphatic rings. The van der Waals surface area contributed by atoms with E-state index in [1.165, 1.54) is 34.7 Å². The van der Waals surface area contributed by atoms with E-state index in [1.807, 2.05) is 0 Å². The van der Waals surface area contributed by atoms with E-state index in [-0.39, 0.29) is 29.3 Å². The van der Waals surface area contributed by atoms with Gasteiger partial charge in [-0.15, -0.1) is 0 Å². The van der Waals surface area contributed by atoms with Crippen molar-refractivity contribution in [2.24, 2.45) is 0 Å². The van der Waals surface area contributed by atoms with Crippen LogP contribution in [-0.4, -0.2) is 20.3 Å². The molecule has 10 heteroatoms. The topological polar surface area (TPSA) is 59.3 Å². The summed E-state index contributed by atoms with van der Waals surface area (Å²) in [7, 11) is 0. The van der Waals surface area contributed by atoms with Crippen molar-refractivity contribution >= 4 is 17.4 Å². The molecular formula is C21H13F5N4O. The minimum absolute atomic E-state index is 0.00643. The maximum Gasteiger partial charge on any atom is 0.416 e. The number of amides is 1. The lowest BCUT2D eigenvalue weighted by molar-refractivity contribution is -0.137. The minimum atomic E-state index is -4.62. The maximum absolute atomic E-state index is 13.8. The predicted octanol–water partition coefficient (Wildman–Crippen LogP) is 4.87. The van der Waals surface area contributed by atoms with Crippen LogP contribution in [0.4, 0.5) is 27.8 Å². The second kappa shape index (κ2) is 7.78. The van der Waals surface area contributed by atoms with E-state index in [0.29, 0.717) is 5.56 Å². The Balaban J connectivity index is 1.75. The number of alkyl halides is 3. The van der Waals surface area contributed by atoms with Crippen molar-refractivity contribution in [1.29, 1.82) is 0 Å². The first-order valence-corrected chi connectivity index (χ1v) is 8.96. The second-order valence-electron chi connectivity index (χ2n) is 6.66. The molecule has 3 aromatic heterocycles. The molecule has 0 saturated carbocycles. The summed E-state index contributed by atoms with van der Waals surface area (Å²) in [5.41, 5.74) is -0.384. The highest BCUT2D eigenvalue weighted by Gasteiger charge is 2.31. The monoisotopic (exact) mass is 432 g/mol. The zero-order chi connectivity index (χ0) is 22.2. The van der Waals surface area contributed by atoms with Gasteiger partial charge in [-0.3, -0.25) is 14.2 Å². The molecule has 31 heavy (non-hydrogen) atoms. The molecule has 0 aliphatic carbocycles. The lowest BCUT2D eigenvalue weighted by Gasteiger charge is -2.10. The number of aromatic nitrogens is 3. The van der Waals surface area contributed by atoms with E-state index in [1.54, 1.807) is 0 Å². The van der Waals surface area contributed by atoms with E-state index < -0.39 is 29.3 Å². The Bertz CT molecular complexity index is 1270. The molecule has 0 unspecified atom stereocenters. The molecule has 1 aromatic carbocycles. The highest BCUT2D eigenvalue weighted by molar-refractivity contribution is 5.95.